The zero-order valence-electron chi connectivity index (χ0n) is 17.7. The van der Waals surface area contributed by atoms with E-state index in [1.165, 1.54) is 0 Å². The van der Waals surface area contributed by atoms with E-state index in [0.29, 0.717) is 0 Å². The molecule has 2 aliphatic heterocycles. The highest BCUT2D eigenvalue weighted by molar-refractivity contribution is 5.86. The fourth-order valence-corrected chi connectivity index (χ4v) is 4.65. The highest BCUT2D eigenvalue weighted by Gasteiger charge is 2.34. The molecule has 1 amide bonds. The molecule has 2 aliphatic rings. The van der Waals surface area contributed by atoms with Crippen LogP contribution in [0.1, 0.15) is 36.3 Å². The quantitative estimate of drug-likeness (QED) is 0.589. The predicted molar refractivity (Wildman–Crippen MR) is 118 cm³/mol. The number of amides is 1. The third-order valence-electron chi connectivity index (χ3n) is 6.34. The van der Waals surface area contributed by atoms with Gasteiger partial charge in [-0.1, -0.05) is 12.1 Å². The van der Waals surface area contributed by atoms with Gasteiger partial charge in [-0.15, -0.1) is 0 Å². The van der Waals surface area contributed by atoms with Gasteiger partial charge < -0.3 is 25.1 Å². The smallest absolute Gasteiger partial charge is 0.237 e. The van der Waals surface area contributed by atoms with Crippen molar-refractivity contribution in [2.45, 2.75) is 44.2 Å². The lowest BCUT2D eigenvalue weighted by Gasteiger charge is -2.26. The predicted octanol–water partition coefficient (Wildman–Crippen LogP) is 3.40. The van der Waals surface area contributed by atoms with Crippen molar-refractivity contribution < 1.29 is 14.3 Å². The van der Waals surface area contributed by atoms with Gasteiger partial charge in [0.1, 0.15) is 17.1 Å². The Labute approximate surface area is 181 Å². The molecule has 31 heavy (non-hydrogen) atoms. The molecule has 4 heterocycles. The summed E-state index contributed by atoms with van der Waals surface area (Å²) in [6.07, 6.45) is 6.40. The number of fused-ring (bicyclic) bond motifs is 1. The van der Waals surface area contributed by atoms with Crippen LogP contribution in [0.5, 0.6) is 11.5 Å². The number of aryl methyl sites for hydroxylation is 1. The van der Waals surface area contributed by atoms with Crippen molar-refractivity contribution in [2.24, 2.45) is 0 Å². The van der Waals surface area contributed by atoms with Gasteiger partial charge in [0.25, 0.3) is 0 Å². The second-order valence-corrected chi connectivity index (χ2v) is 8.40. The molecule has 2 fully saturated rings. The molecule has 2 atom stereocenters. The number of aromatic amines is 1. The van der Waals surface area contributed by atoms with E-state index in [4.69, 9.17) is 9.47 Å². The molecule has 2 unspecified atom stereocenters. The molecule has 7 heteroatoms. The van der Waals surface area contributed by atoms with E-state index in [1.54, 1.807) is 6.20 Å². The summed E-state index contributed by atoms with van der Waals surface area (Å²) in [5, 5.41) is 7.59. The fraction of sp³-hybridized carbons (Fsp3) is 0.417. The molecule has 2 saturated heterocycles. The summed E-state index contributed by atoms with van der Waals surface area (Å²) in [7, 11) is 0. The van der Waals surface area contributed by atoms with Crippen LogP contribution >= 0.6 is 0 Å². The van der Waals surface area contributed by atoms with E-state index in [2.05, 4.69) is 32.7 Å². The number of H-pyrrole nitrogens is 1. The van der Waals surface area contributed by atoms with Gasteiger partial charge in [-0.25, -0.2) is 4.98 Å². The van der Waals surface area contributed by atoms with Crippen molar-refractivity contribution in [1.82, 2.24) is 20.6 Å². The Hall–Kier alpha value is -2.90. The largest absolute Gasteiger partial charge is 0.457 e. The van der Waals surface area contributed by atoms with Gasteiger partial charge in [-0.05, 0) is 62.1 Å². The number of pyridine rings is 1. The lowest BCUT2D eigenvalue weighted by Crippen LogP contribution is -2.48. The minimum Gasteiger partial charge on any atom is -0.457 e. The molecule has 1 aromatic carbocycles. The lowest BCUT2D eigenvalue weighted by atomic mass is 9.91. The van der Waals surface area contributed by atoms with Crippen molar-refractivity contribution in [3.05, 3.63) is 53.9 Å². The van der Waals surface area contributed by atoms with Crippen molar-refractivity contribution in [3.8, 4) is 11.5 Å². The molecule has 0 radical (unpaired) electrons. The van der Waals surface area contributed by atoms with Crippen LogP contribution in [-0.4, -0.2) is 47.7 Å². The van der Waals surface area contributed by atoms with Gasteiger partial charge in [0.2, 0.25) is 5.91 Å². The average molecular weight is 421 g/mol. The van der Waals surface area contributed by atoms with Gasteiger partial charge in [0, 0.05) is 37.6 Å². The molecule has 2 aromatic heterocycles. The van der Waals surface area contributed by atoms with Gasteiger partial charge in [0.05, 0.1) is 11.4 Å². The average Bonchev–Trinajstić information content (AvgIpc) is 3.43. The molecule has 5 rings (SSSR count). The Morgan fingerprint density at radius 1 is 1.16 bits per heavy atom. The molecule has 3 aromatic rings. The topological polar surface area (TPSA) is 88.3 Å². The monoisotopic (exact) mass is 420 g/mol. The van der Waals surface area contributed by atoms with Crippen LogP contribution in [-0.2, 0) is 9.53 Å². The number of benzene rings is 1. The molecular weight excluding hydrogens is 392 g/mol. The number of carbonyl (C=O) groups excluding carboxylic acids is 1. The van der Waals surface area contributed by atoms with E-state index in [1.807, 2.05) is 31.3 Å². The summed E-state index contributed by atoms with van der Waals surface area (Å²) >= 11 is 0. The van der Waals surface area contributed by atoms with Crippen LogP contribution in [0.2, 0.25) is 0 Å². The first-order valence-corrected chi connectivity index (χ1v) is 11.0. The van der Waals surface area contributed by atoms with Gasteiger partial charge >= 0.3 is 0 Å². The van der Waals surface area contributed by atoms with Crippen molar-refractivity contribution in [3.63, 3.8) is 0 Å². The molecule has 3 N–H and O–H groups in total. The summed E-state index contributed by atoms with van der Waals surface area (Å²) < 4.78 is 11.5. The number of aromatic nitrogens is 2. The van der Waals surface area contributed by atoms with Crippen LogP contribution in [0.15, 0.2) is 42.7 Å². The first-order chi connectivity index (χ1) is 15.2. The molecule has 162 valence electrons. The van der Waals surface area contributed by atoms with Crippen LogP contribution in [0, 0.1) is 6.92 Å². The third-order valence-corrected chi connectivity index (χ3v) is 6.34. The van der Waals surface area contributed by atoms with Crippen LogP contribution in [0.25, 0.3) is 11.0 Å². The van der Waals surface area contributed by atoms with E-state index >= 15 is 0 Å². The first kappa shape index (κ1) is 20.0. The summed E-state index contributed by atoms with van der Waals surface area (Å²) in [5.41, 5.74) is 3.08. The second kappa shape index (κ2) is 8.69. The molecule has 0 aliphatic carbocycles. The Bertz CT molecular complexity index is 1060. The van der Waals surface area contributed by atoms with Gasteiger partial charge in [-0.2, -0.15) is 0 Å². The number of nitrogens with one attached hydrogen (secondary N) is 3. The maximum atomic E-state index is 12.9. The standard InChI is InChI=1S/C24H28N4O3/c1-15-14-27-23-21(15)20(7-11-26-23)31-18-4-2-16(3-5-18)19-6-10-25-22(19)24(29)28-17-8-12-30-13-9-17/h2-5,7,11,14,17,19,22,25H,6,8-10,12-13H2,1H3,(H,26,27)(H,28,29). The second-order valence-electron chi connectivity index (χ2n) is 8.40. The summed E-state index contributed by atoms with van der Waals surface area (Å²) in [4.78, 5) is 20.4. The van der Waals surface area contributed by atoms with Crippen molar-refractivity contribution >= 4 is 16.9 Å². The normalized spacial score (nSPS) is 22.0. The van der Waals surface area contributed by atoms with Crippen LogP contribution in [0.4, 0.5) is 0 Å². The maximum Gasteiger partial charge on any atom is 0.237 e. The zero-order valence-corrected chi connectivity index (χ0v) is 17.7. The highest BCUT2D eigenvalue weighted by Crippen LogP contribution is 2.33. The molecule has 0 saturated carbocycles. The first-order valence-electron chi connectivity index (χ1n) is 11.0. The number of ether oxygens (including phenoxy) is 2. The van der Waals surface area contributed by atoms with E-state index in [0.717, 1.165) is 72.7 Å². The number of hydrogen-bond acceptors (Lipinski definition) is 5. The molecular formula is C24H28N4O3. The van der Waals surface area contributed by atoms with E-state index in [-0.39, 0.29) is 23.9 Å². The van der Waals surface area contributed by atoms with Crippen molar-refractivity contribution in [1.29, 1.82) is 0 Å². The lowest BCUT2D eigenvalue weighted by molar-refractivity contribution is -0.124. The fourth-order valence-electron chi connectivity index (χ4n) is 4.65. The Morgan fingerprint density at radius 3 is 2.77 bits per heavy atom. The van der Waals surface area contributed by atoms with Gasteiger partial charge in [-0.3, -0.25) is 4.79 Å². The van der Waals surface area contributed by atoms with E-state index in [9.17, 15) is 4.79 Å². The number of rotatable bonds is 5. The molecule has 7 nitrogen and oxygen atoms in total. The number of hydrogen-bond donors (Lipinski definition) is 3. The maximum absolute atomic E-state index is 12.9. The number of nitrogens with zero attached hydrogens (tertiary/aromatic N) is 1. The third kappa shape index (κ3) is 4.16. The minimum atomic E-state index is -0.197. The molecule has 0 bridgehead atoms. The molecule has 0 spiro atoms. The zero-order chi connectivity index (χ0) is 21.2. The summed E-state index contributed by atoms with van der Waals surface area (Å²) in [6, 6.07) is 10.0. The highest BCUT2D eigenvalue weighted by atomic mass is 16.5. The minimum absolute atomic E-state index is 0.0943. The van der Waals surface area contributed by atoms with Gasteiger partial charge in [0.15, 0.2) is 0 Å². The summed E-state index contributed by atoms with van der Waals surface area (Å²) in [5.74, 6) is 1.81. The van der Waals surface area contributed by atoms with Crippen LogP contribution < -0.4 is 15.4 Å². The van der Waals surface area contributed by atoms with Crippen molar-refractivity contribution in [2.75, 3.05) is 19.8 Å². The summed E-state index contributed by atoms with van der Waals surface area (Å²) in [6.45, 7) is 4.33. The Morgan fingerprint density at radius 2 is 1.97 bits per heavy atom. The Balaban J connectivity index is 1.28. The van der Waals surface area contributed by atoms with E-state index < -0.39 is 0 Å². The number of carbonyl (C=O) groups is 1. The SMILES string of the molecule is Cc1c[nH]c2nccc(Oc3ccc(C4CCNC4C(=O)NC4CCOCC4)cc3)c12. The Kier molecular flexibility index (Phi) is 5.61. The van der Waals surface area contributed by atoms with Crippen LogP contribution in [0.3, 0.4) is 0 Å².